The van der Waals surface area contributed by atoms with Gasteiger partial charge in [-0.05, 0) is 12.5 Å². The van der Waals surface area contributed by atoms with Gasteiger partial charge in [0.05, 0.1) is 5.57 Å². The second-order valence-corrected chi connectivity index (χ2v) is 5.24. The molecular formula is C17H14O5. The Balaban J connectivity index is 2.20. The third-order valence-electron chi connectivity index (χ3n) is 3.82. The molecule has 5 heteroatoms. The van der Waals surface area contributed by atoms with E-state index in [1.807, 2.05) is 6.92 Å². The Hall–Kier alpha value is -2.69. The predicted molar refractivity (Wildman–Crippen MR) is 77.6 cm³/mol. The quantitative estimate of drug-likeness (QED) is 0.927. The zero-order valence-corrected chi connectivity index (χ0v) is 12.0. The summed E-state index contributed by atoms with van der Waals surface area (Å²) in [5, 5.41) is 9.15. The smallest absolute Gasteiger partial charge is 0.371 e. The summed E-state index contributed by atoms with van der Waals surface area (Å²) in [5.74, 6) is -2.12. The molecule has 0 radical (unpaired) electrons. The molecule has 5 nitrogen and oxygen atoms in total. The number of ether oxygens (including phenoxy) is 1. The maximum absolute atomic E-state index is 12.7. The van der Waals surface area contributed by atoms with Gasteiger partial charge >= 0.3 is 5.97 Å². The molecule has 1 aromatic carbocycles. The number of rotatable bonds is 3. The maximum atomic E-state index is 12.7. The molecule has 1 unspecified atom stereocenters. The van der Waals surface area contributed by atoms with Crippen molar-refractivity contribution in [1.82, 2.24) is 0 Å². The number of carbonyl (C=O) groups excluding carboxylic acids is 2. The zero-order valence-electron chi connectivity index (χ0n) is 12.0. The summed E-state index contributed by atoms with van der Waals surface area (Å²) in [5.41, 5.74) is 1.08. The summed E-state index contributed by atoms with van der Waals surface area (Å²) >= 11 is 0. The van der Waals surface area contributed by atoms with Crippen molar-refractivity contribution >= 4 is 17.5 Å². The average molecular weight is 298 g/mol. The van der Waals surface area contributed by atoms with Crippen molar-refractivity contribution < 1.29 is 24.2 Å². The van der Waals surface area contributed by atoms with Crippen molar-refractivity contribution in [3.8, 4) is 0 Å². The summed E-state index contributed by atoms with van der Waals surface area (Å²) in [6.45, 7) is 1.91. The van der Waals surface area contributed by atoms with Crippen LogP contribution in [0.4, 0.5) is 0 Å². The summed E-state index contributed by atoms with van der Waals surface area (Å²) in [4.78, 5) is 36.5. The summed E-state index contributed by atoms with van der Waals surface area (Å²) in [7, 11) is 0. The summed E-state index contributed by atoms with van der Waals surface area (Å²) in [6.07, 6.45) is 1.66. The van der Waals surface area contributed by atoms with E-state index in [0.717, 1.165) is 0 Å². The van der Waals surface area contributed by atoms with Crippen LogP contribution in [-0.4, -0.2) is 28.7 Å². The molecule has 0 fully saturated rings. The molecular weight excluding hydrogens is 284 g/mol. The largest absolute Gasteiger partial charge is 0.478 e. The lowest BCUT2D eigenvalue weighted by atomic mass is 9.79. The van der Waals surface area contributed by atoms with Crippen molar-refractivity contribution in [2.75, 3.05) is 0 Å². The molecule has 0 aromatic heterocycles. The molecule has 112 valence electrons. The van der Waals surface area contributed by atoms with E-state index in [2.05, 4.69) is 0 Å². The van der Waals surface area contributed by atoms with Gasteiger partial charge in [0.1, 0.15) is 6.10 Å². The Labute approximate surface area is 126 Å². The number of carboxylic acids is 1. The maximum Gasteiger partial charge on any atom is 0.371 e. The molecule has 0 bridgehead atoms. The second kappa shape index (κ2) is 5.26. The number of carboxylic acid groups (broad SMARTS) is 1. The van der Waals surface area contributed by atoms with Gasteiger partial charge in [0.15, 0.2) is 11.6 Å². The van der Waals surface area contributed by atoms with Crippen LogP contribution in [0.25, 0.3) is 0 Å². The Morgan fingerprint density at radius 1 is 1.18 bits per heavy atom. The standard InChI is InChI=1S/C17H14O5/c1-2-5-12-14-11(8-13(22-12)17(20)21)15(18)9-6-3-4-7-10(9)16(14)19/h3-4,6-8,12H,2,5H2,1H3,(H,20,21). The van der Waals surface area contributed by atoms with Gasteiger partial charge in [0, 0.05) is 16.7 Å². The third kappa shape index (κ3) is 2.06. The van der Waals surface area contributed by atoms with Crippen molar-refractivity contribution in [2.24, 2.45) is 0 Å². The minimum absolute atomic E-state index is 0.144. The van der Waals surface area contributed by atoms with Crippen LogP contribution in [0.15, 0.2) is 47.2 Å². The highest BCUT2D eigenvalue weighted by molar-refractivity contribution is 6.28. The number of Topliss-reactive ketones (excluding diaryl/α,β-unsaturated/α-hetero) is 2. The van der Waals surface area contributed by atoms with Crippen LogP contribution in [-0.2, 0) is 9.53 Å². The van der Waals surface area contributed by atoms with Crippen LogP contribution < -0.4 is 0 Å². The molecule has 1 aliphatic heterocycles. The number of hydrogen-bond donors (Lipinski definition) is 1. The lowest BCUT2D eigenvalue weighted by molar-refractivity contribution is -0.137. The van der Waals surface area contributed by atoms with Gasteiger partial charge in [-0.2, -0.15) is 0 Å². The molecule has 1 heterocycles. The first kappa shape index (κ1) is 14.3. The number of carbonyl (C=O) groups is 3. The fourth-order valence-corrected chi connectivity index (χ4v) is 2.83. The molecule has 3 rings (SSSR count). The molecule has 0 saturated carbocycles. The van der Waals surface area contributed by atoms with Crippen molar-refractivity contribution in [3.05, 3.63) is 58.4 Å². The zero-order chi connectivity index (χ0) is 15.9. The average Bonchev–Trinajstić information content (AvgIpc) is 2.52. The minimum atomic E-state index is -1.24. The van der Waals surface area contributed by atoms with E-state index in [-0.39, 0.29) is 28.5 Å². The van der Waals surface area contributed by atoms with Gasteiger partial charge in [-0.1, -0.05) is 37.6 Å². The van der Waals surface area contributed by atoms with E-state index in [1.165, 1.54) is 6.08 Å². The van der Waals surface area contributed by atoms with Gasteiger partial charge in [-0.3, -0.25) is 9.59 Å². The molecule has 1 atom stereocenters. The fraction of sp³-hybridized carbons (Fsp3) is 0.235. The molecule has 1 N–H and O–H groups in total. The topological polar surface area (TPSA) is 80.7 Å². The molecule has 1 aromatic rings. The highest BCUT2D eigenvalue weighted by atomic mass is 16.5. The van der Waals surface area contributed by atoms with Crippen LogP contribution >= 0.6 is 0 Å². The lowest BCUT2D eigenvalue weighted by Crippen LogP contribution is -2.33. The molecule has 0 saturated heterocycles. The van der Waals surface area contributed by atoms with Gasteiger partial charge < -0.3 is 9.84 Å². The SMILES string of the molecule is CCCC1OC(C(=O)O)=CC2=C1C(=O)c1ccccc1C2=O. The summed E-state index contributed by atoms with van der Waals surface area (Å²) < 4.78 is 5.42. The Kier molecular flexibility index (Phi) is 3.41. The molecule has 0 amide bonds. The van der Waals surface area contributed by atoms with E-state index in [4.69, 9.17) is 9.84 Å². The number of fused-ring (bicyclic) bond motifs is 1. The van der Waals surface area contributed by atoms with E-state index < -0.39 is 12.1 Å². The predicted octanol–water partition coefficient (Wildman–Crippen LogP) is 2.53. The van der Waals surface area contributed by atoms with Crippen LogP contribution in [0.1, 0.15) is 40.5 Å². The lowest BCUT2D eigenvalue weighted by Gasteiger charge is -2.30. The van der Waals surface area contributed by atoms with E-state index in [9.17, 15) is 14.4 Å². The molecule has 22 heavy (non-hydrogen) atoms. The van der Waals surface area contributed by atoms with Crippen LogP contribution in [0.5, 0.6) is 0 Å². The monoisotopic (exact) mass is 298 g/mol. The van der Waals surface area contributed by atoms with E-state index in [1.54, 1.807) is 24.3 Å². The molecule has 0 spiro atoms. The van der Waals surface area contributed by atoms with Crippen LogP contribution in [0.2, 0.25) is 0 Å². The van der Waals surface area contributed by atoms with Crippen LogP contribution in [0, 0.1) is 0 Å². The Morgan fingerprint density at radius 2 is 1.82 bits per heavy atom. The van der Waals surface area contributed by atoms with Crippen LogP contribution in [0.3, 0.4) is 0 Å². The second-order valence-electron chi connectivity index (χ2n) is 5.24. The van der Waals surface area contributed by atoms with Crippen molar-refractivity contribution in [2.45, 2.75) is 25.9 Å². The molecule has 2 aliphatic rings. The number of aliphatic carboxylic acids is 1. The fourth-order valence-electron chi connectivity index (χ4n) is 2.83. The molecule has 1 aliphatic carbocycles. The number of hydrogen-bond acceptors (Lipinski definition) is 4. The minimum Gasteiger partial charge on any atom is -0.478 e. The number of allylic oxidation sites excluding steroid dienone is 2. The van der Waals surface area contributed by atoms with E-state index >= 15 is 0 Å². The first-order valence-corrected chi connectivity index (χ1v) is 7.08. The Morgan fingerprint density at radius 3 is 2.41 bits per heavy atom. The summed E-state index contributed by atoms with van der Waals surface area (Å²) in [6, 6.07) is 6.57. The third-order valence-corrected chi connectivity index (χ3v) is 3.82. The first-order valence-electron chi connectivity index (χ1n) is 7.08. The number of benzene rings is 1. The van der Waals surface area contributed by atoms with E-state index in [0.29, 0.717) is 24.0 Å². The van der Waals surface area contributed by atoms with Crippen molar-refractivity contribution in [3.63, 3.8) is 0 Å². The van der Waals surface area contributed by atoms with Crippen molar-refractivity contribution in [1.29, 1.82) is 0 Å². The van der Waals surface area contributed by atoms with Gasteiger partial charge in [0.25, 0.3) is 0 Å². The van der Waals surface area contributed by atoms with Gasteiger partial charge in [0.2, 0.25) is 5.76 Å². The highest BCUT2D eigenvalue weighted by Gasteiger charge is 2.39. The first-order chi connectivity index (χ1) is 10.5. The van der Waals surface area contributed by atoms with Gasteiger partial charge in [-0.25, -0.2) is 4.79 Å². The normalized spacial score (nSPS) is 20.0. The highest BCUT2D eigenvalue weighted by Crippen LogP contribution is 2.35. The Bertz CT molecular complexity index is 754. The van der Waals surface area contributed by atoms with Gasteiger partial charge in [-0.15, -0.1) is 0 Å². The number of ketones is 2.